The Kier molecular flexibility index (Phi) is 7.92. The fourth-order valence-electron chi connectivity index (χ4n) is 2.59. The van der Waals surface area contributed by atoms with Gasteiger partial charge in [-0.25, -0.2) is 8.78 Å². The number of benzene rings is 1. The Morgan fingerprint density at radius 3 is 2.32 bits per heavy atom. The minimum atomic E-state index is -2.97. The number of ether oxygens (including phenoxy) is 1. The molecule has 1 aromatic carbocycles. The molecule has 22 heavy (non-hydrogen) atoms. The van der Waals surface area contributed by atoms with Crippen molar-refractivity contribution in [3.8, 4) is 5.75 Å². The topological polar surface area (TPSA) is 24.5 Å². The SMILES string of the molecule is Cl.FC(F)C[C@H](c1ccccc1OC(F)F)N1CCNCC1. The van der Waals surface area contributed by atoms with E-state index in [0.717, 1.165) is 0 Å². The van der Waals surface area contributed by atoms with E-state index in [9.17, 15) is 17.6 Å². The fraction of sp³-hybridized carbons (Fsp3) is 0.571. The Morgan fingerprint density at radius 2 is 1.73 bits per heavy atom. The van der Waals surface area contributed by atoms with Gasteiger partial charge < -0.3 is 10.1 Å². The maximum atomic E-state index is 12.9. The van der Waals surface area contributed by atoms with Crippen LogP contribution in [0.15, 0.2) is 24.3 Å². The van der Waals surface area contributed by atoms with Crippen molar-refractivity contribution in [1.29, 1.82) is 0 Å². The summed E-state index contributed by atoms with van der Waals surface area (Å²) in [7, 11) is 0. The Bertz CT molecular complexity index is 445. The molecule has 2 rings (SSSR count). The zero-order chi connectivity index (χ0) is 15.2. The van der Waals surface area contributed by atoms with Crippen molar-refractivity contribution in [1.82, 2.24) is 10.2 Å². The summed E-state index contributed by atoms with van der Waals surface area (Å²) in [5.74, 6) is -0.0308. The van der Waals surface area contributed by atoms with Crippen LogP contribution in [0, 0.1) is 0 Å². The molecule has 0 aliphatic carbocycles. The molecule has 0 bridgehead atoms. The minimum absolute atomic E-state index is 0. The summed E-state index contributed by atoms with van der Waals surface area (Å²) in [5, 5.41) is 3.14. The van der Waals surface area contributed by atoms with Gasteiger partial charge in [-0.2, -0.15) is 8.78 Å². The predicted octanol–water partition coefficient (Wildman–Crippen LogP) is 3.31. The van der Waals surface area contributed by atoms with Gasteiger partial charge in [-0.05, 0) is 6.07 Å². The Morgan fingerprint density at radius 1 is 1.09 bits per heavy atom. The first-order valence-corrected chi connectivity index (χ1v) is 6.84. The minimum Gasteiger partial charge on any atom is -0.434 e. The van der Waals surface area contributed by atoms with Crippen molar-refractivity contribution in [2.24, 2.45) is 0 Å². The molecule has 3 nitrogen and oxygen atoms in total. The van der Waals surface area contributed by atoms with Crippen molar-refractivity contribution in [2.45, 2.75) is 25.5 Å². The second-order valence-corrected chi connectivity index (χ2v) is 4.84. The number of hydrogen-bond acceptors (Lipinski definition) is 3. The van der Waals surface area contributed by atoms with Gasteiger partial charge in [0.05, 0.1) is 0 Å². The summed E-state index contributed by atoms with van der Waals surface area (Å²) < 4.78 is 55.2. The molecule has 0 saturated carbocycles. The van der Waals surface area contributed by atoms with Gasteiger partial charge in [-0.1, -0.05) is 18.2 Å². The number of nitrogens with one attached hydrogen (secondary N) is 1. The van der Waals surface area contributed by atoms with Gasteiger partial charge in [0.25, 0.3) is 0 Å². The van der Waals surface area contributed by atoms with Crippen LogP contribution < -0.4 is 10.1 Å². The summed E-state index contributed by atoms with van der Waals surface area (Å²) >= 11 is 0. The van der Waals surface area contributed by atoms with Crippen LogP contribution in [0.25, 0.3) is 0 Å². The zero-order valence-electron chi connectivity index (χ0n) is 11.9. The van der Waals surface area contributed by atoms with Gasteiger partial charge in [0.15, 0.2) is 0 Å². The molecule has 1 atom stereocenters. The van der Waals surface area contributed by atoms with Crippen LogP contribution in [0.5, 0.6) is 5.75 Å². The lowest BCUT2D eigenvalue weighted by Crippen LogP contribution is -2.45. The second kappa shape index (κ2) is 9.17. The van der Waals surface area contributed by atoms with Crippen molar-refractivity contribution in [2.75, 3.05) is 26.2 Å². The molecular weight excluding hydrogens is 324 g/mol. The normalized spacial score (nSPS) is 17.4. The lowest BCUT2D eigenvalue weighted by molar-refractivity contribution is -0.0516. The smallest absolute Gasteiger partial charge is 0.387 e. The predicted molar refractivity (Wildman–Crippen MR) is 78.1 cm³/mol. The number of alkyl halides is 4. The largest absolute Gasteiger partial charge is 0.434 e. The van der Waals surface area contributed by atoms with Crippen LogP contribution >= 0.6 is 12.4 Å². The van der Waals surface area contributed by atoms with Gasteiger partial charge >= 0.3 is 6.61 Å². The molecule has 0 amide bonds. The van der Waals surface area contributed by atoms with Crippen molar-refractivity contribution >= 4 is 12.4 Å². The molecule has 1 saturated heterocycles. The number of piperazine rings is 1. The van der Waals surface area contributed by atoms with Crippen LogP contribution in [0.4, 0.5) is 17.6 Å². The molecule has 0 radical (unpaired) electrons. The van der Waals surface area contributed by atoms with Crippen LogP contribution in [0.2, 0.25) is 0 Å². The molecule has 8 heteroatoms. The fourth-order valence-corrected chi connectivity index (χ4v) is 2.59. The molecule has 1 aliphatic heterocycles. The van der Waals surface area contributed by atoms with Crippen LogP contribution in [0.1, 0.15) is 18.0 Å². The molecule has 1 fully saturated rings. The Labute approximate surface area is 133 Å². The quantitative estimate of drug-likeness (QED) is 0.803. The summed E-state index contributed by atoms with van der Waals surface area (Å²) in [5.41, 5.74) is 0.389. The highest BCUT2D eigenvalue weighted by Gasteiger charge is 2.28. The van der Waals surface area contributed by atoms with Gasteiger partial charge in [-0.3, -0.25) is 4.90 Å². The monoisotopic (exact) mass is 342 g/mol. The van der Waals surface area contributed by atoms with E-state index in [1.54, 1.807) is 18.2 Å². The lowest BCUT2D eigenvalue weighted by atomic mass is 10.00. The highest BCUT2D eigenvalue weighted by atomic mass is 35.5. The third-order valence-corrected chi connectivity index (χ3v) is 3.49. The number of hydrogen-bond donors (Lipinski definition) is 1. The maximum absolute atomic E-state index is 12.9. The van der Waals surface area contributed by atoms with E-state index in [-0.39, 0.29) is 18.2 Å². The van der Waals surface area contributed by atoms with Gasteiger partial charge in [0.2, 0.25) is 6.43 Å². The molecular formula is C14H19ClF4N2O. The van der Waals surface area contributed by atoms with Gasteiger partial charge in [0, 0.05) is 44.2 Å². The summed E-state index contributed by atoms with van der Waals surface area (Å²) in [6, 6.07) is 5.55. The van der Waals surface area contributed by atoms with E-state index in [0.29, 0.717) is 31.7 Å². The lowest BCUT2D eigenvalue weighted by Gasteiger charge is -2.35. The van der Waals surface area contributed by atoms with Crippen molar-refractivity contribution in [3.63, 3.8) is 0 Å². The molecule has 0 aromatic heterocycles. The number of nitrogens with zero attached hydrogens (tertiary/aromatic N) is 1. The number of para-hydroxylation sites is 1. The highest BCUT2D eigenvalue weighted by Crippen LogP contribution is 2.34. The zero-order valence-corrected chi connectivity index (χ0v) is 12.7. The molecule has 1 aliphatic rings. The summed E-state index contributed by atoms with van der Waals surface area (Å²) in [6.45, 7) is -0.392. The van der Waals surface area contributed by atoms with Gasteiger partial charge in [-0.15, -0.1) is 12.4 Å². The average molecular weight is 343 g/mol. The van der Waals surface area contributed by atoms with E-state index in [4.69, 9.17) is 0 Å². The van der Waals surface area contributed by atoms with Crippen molar-refractivity contribution < 1.29 is 22.3 Å². The Balaban J connectivity index is 0.00000242. The van der Waals surface area contributed by atoms with E-state index in [1.165, 1.54) is 6.07 Å². The molecule has 1 aromatic rings. The molecule has 1 N–H and O–H groups in total. The first kappa shape index (κ1) is 19.0. The van der Waals surface area contributed by atoms with Crippen LogP contribution in [-0.2, 0) is 0 Å². The molecule has 126 valence electrons. The Hall–Kier alpha value is -1.05. The maximum Gasteiger partial charge on any atom is 0.387 e. The molecule has 0 unspecified atom stereocenters. The summed E-state index contributed by atoms with van der Waals surface area (Å²) in [6.07, 6.45) is -2.91. The third kappa shape index (κ3) is 5.30. The number of halogens is 5. The van der Waals surface area contributed by atoms with Crippen molar-refractivity contribution in [3.05, 3.63) is 29.8 Å². The van der Waals surface area contributed by atoms with E-state index < -0.39 is 25.5 Å². The second-order valence-electron chi connectivity index (χ2n) is 4.84. The first-order chi connectivity index (χ1) is 10.1. The molecule has 1 heterocycles. The van der Waals surface area contributed by atoms with Gasteiger partial charge in [0.1, 0.15) is 5.75 Å². The van der Waals surface area contributed by atoms with E-state index >= 15 is 0 Å². The molecule has 0 spiro atoms. The standard InChI is InChI=1S/C14H18F4N2O.ClH/c15-13(16)9-11(20-7-5-19-6-8-20)10-3-1-2-4-12(10)21-14(17)18;/h1-4,11,13-14,19H,5-9H2;1H/t11-;/m1./s1. The highest BCUT2D eigenvalue weighted by molar-refractivity contribution is 5.85. The number of rotatable bonds is 6. The van der Waals surface area contributed by atoms with E-state index in [2.05, 4.69) is 10.1 Å². The van der Waals surface area contributed by atoms with Crippen LogP contribution in [0.3, 0.4) is 0 Å². The average Bonchev–Trinajstić information content (AvgIpc) is 2.46. The summed E-state index contributed by atoms with van der Waals surface area (Å²) in [4.78, 5) is 1.89. The van der Waals surface area contributed by atoms with E-state index in [1.807, 2.05) is 4.90 Å². The first-order valence-electron chi connectivity index (χ1n) is 6.84. The van der Waals surface area contributed by atoms with Crippen LogP contribution in [-0.4, -0.2) is 44.1 Å². The third-order valence-electron chi connectivity index (χ3n) is 3.49.